The van der Waals surface area contributed by atoms with Gasteiger partial charge in [-0.1, -0.05) is 30.3 Å². The number of methoxy groups -OCH3 is 1. The van der Waals surface area contributed by atoms with Gasteiger partial charge in [-0.15, -0.1) is 5.10 Å². The van der Waals surface area contributed by atoms with Gasteiger partial charge in [-0.25, -0.2) is 4.98 Å². The molecule has 0 aliphatic rings. The Bertz CT molecular complexity index is 1060. The van der Waals surface area contributed by atoms with Crippen molar-refractivity contribution in [2.45, 2.75) is 13.5 Å². The molecule has 2 aromatic carbocycles. The van der Waals surface area contributed by atoms with E-state index in [0.29, 0.717) is 11.6 Å². The van der Waals surface area contributed by atoms with Gasteiger partial charge in [-0.2, -0.15) is 9.50 Å². The molecule has 6 nitrogen and oxygen atoms in total. The molecule has 0 saturated heterocycles. The molecule has 0 aliphatic carbocycles. The Morgan fingerprint density at radius 3 is 2.44 bits per heavy atom. The number of nitrogens with zero attached hydrogens (tertiary/aromatic N) is 5. The predicted molar refractivity (Wildman–Crippen MR) is 106 cm³/mol. The van der Waals surface area contributed by atoms with Gasteiger partial charge >= 0.3 is 0 Å². The molecule has 27 heavy (non-hydrogen) atoms. The zero-order valence-electron chi connectivity index (χ0n) is 15.6. The van der Waals surface area contributed by atoms with E-state index in [1.165, 1.54) is 5.56 Å². The summed E-state index contributed by atoms with van der Waals surface area (Å²) in [4.78, 5) is 11.3. The average molecular weight is 359 g/mol. The monoisotopic (exact) mass is 359 g/mol. The van der Waals surface area contributed by atoms with E-state index in [1.807, 2.05) is 55.5 Å². The van der Waals surface area contributed by atoms with Crippen LogP contribution in [0.1, 0.15) is 11.3 Å². The number of hydrogen-bond donors (Lipinski definition) is 0. The molecule has 0 radical (unpaired) electrons. The van der Waals surface area contributed by atoms with Gasteiger partial charge in [0.15, 0.2) is 5.82 Å². The molecular weight excluding hydrogens is 338 g/mol. The molecule has 0 amide bonds. The Kier molecular flexibility index (Phi) is 4.46. The summed E-state index contributed by atoms with van der Waals surface area (Å²) in [6, 6.07) is 20.1. The topological polar surface area (TPSA) is 55.6 Å². The second-order valence-corrected chi connectivity index (χ2v) is 6.47. The van der Waals surface area contributed by atoms with E-state index < -0.39 is 0 Å². The van der Waals surface area contributed by atoms with E-state index in [4.69, 9.17) is 9.84 Å². The summed E-state index contributed by atoms with van der Waals surface area (Å²) in [7, 11) is 3.70. The van der Waals surface area contributed by atoms with E-state index >= 15 is 0 Å². The minimum atomic E-state index is 0.593. The van der Waals surface area contributed by atoms with Gasteiger partial charge in [0.05, 0.1) is 7.11 Å². The van der Waals surface area contributed by atoms with Crippen LogP contribution in [-0.2, 0) is 6.54 Å². The molecule has 0 bridgehead atoms. The Morgan fingerprint density at radius 2 is 1.74 bits per heavy atom. The molecule has 0 atom stereocenters. The quantitative estimate of drug-likeness (QED) is 0.543. The first-order chi connectivity index (χ1) is 13.1. The smallest absolute Gasteiger partial charge is 0.254 e. The molecule has 0 saturated carbocycles. The van der Waals surface area contributed by atoms with Gasteiger partial charge in [-0.05, 0) is 36.8 Å². The van der Waals surface area contributed by atoms with Crippen molar-refractivity contribution in [1.29, 1.82) is 0 Å². The van der Waals surface area contributed by atoms with E-state index in [9.17, 15) is 0 Å². The van der Waals surface area contributed by atoms with Crippen LogP contribution in [0.5, 0.6) is 5.75 Å². The highest BCUT2D eigenvalue weighted by Crippen LogP contribution is 2.23. The second kappa shape index (κ2) is 7.07. The normalized spacial score (nSPS) is 10.9. The Hall–Kier alpha value is -3.41. The van der Waals surface area contributed by atoms with Gasteiger partial charge < -0.3 is 9.64 Å². The molecule has 0 fully saturated rings. The lowest BCUT2D eigenvalue weighted by Gasteiger charge is -2.20. The van der Waals surface area contributed by atoms with Gasteiger partial charge in [0.1, 0.15) is 11.6 Å². The molecule has 4 rings (SSSR count). The Labute approximate surface area is 158 Å². The zero-order chi connectivity index (χ0) is 18.8. The van der Waals surface area contributed by atoms with Crippen LogP contribution in [0.15, 0.2) is 60.7 Å². The van der Waals surface area contributed by atoms with Crippen molar-refractivity contribution in [2.75, 3.05) is 19.1 Å². The molecule has 0 N–H and O–H groups in total. The lowest BCUT2D eigenvalue weighted by molar-refractivity contribution is 0.415. The zero-order valence-corrected chi connectivity index (χ0v) is 15.6. The van der Waals surface area contributed by atoms with Crippen molar-refractivity contribution in [2.24, 2.45) is 0 Å². The third-order valence-electron chi connectivity index (χ3n) is 4.42. The summed E-state index contributed by atoms with van der Waals surface area (Å²) < 4.78 is 7.02. The van der Waals surface area contributed by atoms with Crippen molar-refractivity contribution in [3.05, 3.63) is 71.9 Å². The molecule has 0 unspecified atom stereocenters. The van der Waals surface area contributed by atoms with Crippen molar-refractivity contribution in [1.82, 2.24) is 19.6 Å². The number of ether oxygens (including phenoxy) is 1. The van der Waals surface area contributed by atoms with Crippen molar-refractivity contribution >= 4 is 11.6 Å². The summed E-state index contributed by atoms with van der Waals surface area (Å²) in [6.45, 7) is 2.75. The standard InChI is InChI=1S/C21H21N5O/c1-15-13-19(25(2)14-16-7-5-4-6-8-16)26-21(22-15)23-20(24-26)17-9-11-18(27-3)12-10-17/h4-13H,14H2,1-3H3. The highest BCUT2D eigenvalue weighted by molar-refractivity contribution is 5.59. The summed E-state index contributed by atoms with van der Waals surface area (Å²) in [6.07, 6.45) is 0. The lowest BCUT2D eigenvalue weighted by Crippen LogP contribution is -2.20. The minimum absolute atomic E-state index is 0.593. The summed E-state index contributed by atoms with van der Waals surface area (Å²) in [5, 5.41) is 4.70. The first-order valence-corrected chi connectivity index (χ1v) is 8.78. The van der Waals surface area contributed by atoms with Crippen LogP contribution < -0.4 is 9.64 Å². The van der Waals surface area contributed by atoms with Crippen molar-refractivity contribution < 1.29 is 4.74 Å². The van der Waals surface area contributed by atoms with Crippen LogP contribution in [0, 0.1) is 6.92 Å². The van der Waals surface area contributed by atoms with Crippen LogP contribution >= 0.6 is 0 Å². The van der Waals surface area contributed by atoms with E-state index in [-0.39, 0.29) is 0 Å². The van der Waals surface area contributed by atoms with Crippen LogP contribution in [0.2, 0.25) is 0 Å². The SMILES string of the molecule is COc1ccc(-c2nc3nc(C)cc(N(C)Cc4ccccc4)n3n2)cc1. The Morgan fingerprint density at radius 1 is 1.00 bits per heavy atom. The molecule has 0 aliphatic heterocycles. The van der Waals surface area contributed by atoms with Crippen molar-refractivity contribution in [3.8, 4) is 17.1 Å². The molecule has 0 spiro atoms. The maximum atomic E-state index is 5.22. The first-order valence-electron chi connectivity index (χ1n) is 8.78. The Balaban J connectivity index is 1.73. The number of fused-ring (bicyclic) bond motifs is 1. The fourth-order valence-electron chi connectivity index (χ4n) is 3.04. The van der Waals surface area contributed by atoms with Gasteiger partial charge in [-0.3, -0.25) is 0 Å². The highest BCUT2D eigenvalue weighted by atomic mass is 16.5. The van der Waals surface area contributed by atoms with Gasteiger partial charge in [0.25, 0.3) is 5.78 Å². The van der Waals surface area contributed by atoms with E-state index in [1.54, 1.807) is 11.6 Å². The molecule has 2 heterocycles. The van der Waals surface area contributed by atoms with Crippen LogP contribution in [0.4, 0.5) is 5.82 Å². The molecule has 4 aromatic rings. The third-order valence-corrected chi connectivity index (χ3v) is 4.42. The van der Waals surface area contributed by atoms with Crippen molar-refractivity contribution in [3.63, 3.8) is 0 Å². The fraction of sp³-hybridized carbons (Fsp3) is 0.190. The fourth-order valence-corrected chi connectivity index (χ4v) is 3.04. The third kappa shape index (κ3) is 3.46. The summed E-state index contributed by atoms with van der Waals surface area (Å²) >= 11 is 0. The molecule has 136 valence electrons. The maximum Gasteiger partial charge on any atom is 0.254 e. The lowest BCUT2D eigenvalue weighted by atomic mass is 10.2. The number of rotatable bonds is 5. The van der Waals surface area contributed by atoms with E-state index in [2.05, 4.69) is 34.0 Å². The number of hydrogen-bond acceptors (Lipinski definition) is 5. The average Bonchev–Trinajstić information content (AvgIpc) is 3.12. The minimum Gasteiger partial charge on any atom is -0.497 e. The molecule has 2 aromatic heterocycles. The largest absolute Gasteiger partial charge is 0.497 e. The first kappa shape index (κ1) is 17.0. The predicted octanol–water partition coefficient (Wildman–Crippen LogP) is 3.74. The number of aromatic nitrogens is 4. The second-order valence-electron chi connectivity index (χ2n) is 6.47. The van der Waals surface area contributed by atoms with E-state index in [0.717, 1.165) is 29.4 Å². The van der Waals surface area contributed by atoms with Crippen LogP contribution in [0.25, 0.3) is 17.2 Å². The van der Waals surface area contributed by atoms with Gasteiger partial charge in [0, 0.05) is 30.9 Å². The molecular formula is C21H21N5O. The number of anilines is 1. The highest BCUT2D eigenvalue weighted by Gasteiger charge is 2.14. The van der Waals surface area contributed by atoms with Gasteiger partial charge in [0.2, 0.25) is 0 Å². The maximum absolute atomic E-state index is 5.22. The summed E-state index contributed by atoms with van der Waals surface area (Å²) in [5.41, 5.74) is 3.07. The number of benzene rings is 2. The number of aryl methyl sites for hydroxylation is 1. The summed E-state index contributed by atoms with van der Waals surface area (Å²) in [5.74, 6) is 2.99. The van der Waals surface area contributed by atoms with Crippen LogP contribution in [0.3, 0.4) is 0 Å². The molecule has 6 heteroatoms. The van der Waals surface area contributed by atoms with Crippen LogP contribution in [-0.4, -0.2) is 33.7 Å².